The molecule has 2 fully saturated rings. The highest BCUT2D eigenvalue weighted by molar-refractivity contribution is 5.71. The van der Waals surface area contributed by atoms with Crippen LogP contribution in [0.15, 0.2) is 0 Å². The van der Waals surface area contributed by atoms with E-state index in [1.165, 1.54) is 64.2 Å². The summed E-state index contributed by atoms with van der Waals surface area (Å²) in [5.74, 6) is 0.328. The van der Waals surface area contributed by atoms with Crippen molar-refractivity contribution < 1.29 is 28.6 Å². The Morgan fingerprint density at radius 3 is 1.55 bits per heavy atom. The number of esters is 3. The van der Waals surface area contributed by atoms with Crippen LogP contribution in [-0.2, 0) is 28.6 Å². The van der Waals surface area contributed by atoms with E-state index in [0.29, 0.717) is 37.5 Å². The number of rotatable bonds is 13. The predicted octanol–water partition coefficient (Wildman–Crippen LogP) is 5.51. The van der Waals surface area contributed by atoms with Gasteiger partial charge in [0.05, 0.1) is 0 Å². The van der Waals surface area contributed by atoms with Crippen LogP contribution in [0.4, 0.5) is 0 Å². The van der Waals surface area contributed by atoms with Gasteiger partial charge < -0.3 is 14.2 Å². The minimum Gasteiger partial charge on any atom is -0.462 e. The molecule has 0 unspecified atom stereocenters. The molecule has 0 saturated heterocycles. The van der Waals surface area contributed by atoms with Crippen LogP contribution in [0.2, 0.25) is 0 Å². The highest BCUT2D eigenvalue weighted by Gasteiger charge is 2.21. The molecule has 2 saturated carbocycles. The second-order valence-corrected chi connectivity index (χ2v) is 9.31. The normalized spacial score (nSPS) is 18.0. The zero-order valence-electron chi connectivity index (χ0n) is 19.4. The van der Waals surface area contributed by atoms with Crippen LogP contribution in [0, 0.1) is 11.8 Å². The van der Waals surface area contributed by atoms with Gasteiger partial charge in [0.15, 0.2) is 6.10 Å². The second-order valence-electron chi connectivity index (χ2n) is 9.31. The van der Waals surface area contributed by atoms with Gasteiger partial charge in [-0.1, -0.05) is 71.1 Å². The van der Waals surface area contributed by atoms with Gasteiger partial charge in [0.2, 0.25) is 0 Å². The van der Waals surface area contributed by atoms with Crippen LogP contribution >= 0.6 is 0 Å². The van der Waals surface area contributed by atoms with Gasteiger partial charge in [-0.25, -0.2) is 0 Å². The van der Waals surface area contributed by atoms with Gasteiger partial charge in [0.25, 0.3) is 0 Å². The van der Waals surface area contributed by atoms with Crippen molar-refractivity contribution in [2.45, 2.75) is 116 Å². The monoisotopic (exact) mass is 438 g/mol. The molecule has 0 atom stereocenters. The minimum absolute atomic E-state index is 0.0607. The van der Waals surface area contributed by atoms with E-state index in [2.05, 4.69) is 0 Å². The molecule has 6 heteroatoms. The van der Waals surface area contributed by atoms with Crippen LogP contribution < -0.4 is 0 Å². The van der Waals surface area contributed by atoms with E-state index >= 15 is 0 Å². The van der Waals surface area contributed by atoms with Crippen molar-refractivity contribution in [1.29, 1.82) is 0 Å². The summed E-state index contributed by atoms with van der Waals surface area (Å²) < 4.78 is 16.1. The topological polar surface area (TPSA) is 78.9 Å². The molecule has 6 nitrogen and oxygen atoms in total. The number of hydrogen-bond acceptors (Lipinski definition) is 6. The molecule has 2 rings (SSSR count). The fourth-order valence-corrected chi connectivity index (χ4v) is 4.68. The molecular weight excluding hydrogens is 396 g/mol. The first kappa shape index (κ1) is 25.7. The summed E-state index contributed by atoms with van der Waals surface area (Å²) in [6.45, 7) is 1.77. The average Bonchev–Trinajstić information content (AvgIpc) is 2.79. The highest BCUT2D eigenvalue weighted by atomic mass is 16.6. The molecule has 0 bridgehead atoms. The summed E-state index contributed by atoms with van der Waals surface area (Å²) in [5, 5.41) is 0. The third-order valence-corrected chi connectivity index (χ3v) is 6.58. The first-order chi connectivity index (χ1) is 15.1. The summed E-state index contributed by atoms with van der Waals surface area (Å²) >= 11 is 0. The van der Waals surface area contributed by atoms with Gasteiger partial charge in [-0.05, 0) is 31.1 Å². The fourth-order valence-electron chi connectivity index (χ4n) is 4.68. The lowest BCUT2D eigenvalue weighted by Gasteiger charge is -2.22. The van der Waals surface area contributed by atoms with E-state index in [1.54, 1.807) is 0 Å². The lowest BCUT2D eigenvalue weighted by atomic mass is 9.86. The smallest absolute Gasteiger partial charge is 0.306 e. The summed E-state index contributed by atoms with van der Waals surface area (Å²) in [6, 6.07) is 0. The van der Waals surface area contributed by atoms with Crippen molar-refractivity contribution in [2.24, 2.45) is 11.8 Å². The average molecular weight is 439 g/mol. The molecule has 0 aromatic heterocycles. The van der Waals surface area contributed by atoms with Crippen molar-refractivity contribution in [3.63, 3.8) is 0 Å². The molecule has 0 spiro atoms. The lowest BCUT2D eigenvalue weighted by molar-refractivity contribution is -0.167. The predicted molar refractivity (Wildman–Crippen MR) is 118 cm³/mol. The Kier molecular flexibility index (Phi) is 12.6. The van der Waals surface area contributed by atoms with E-state index in [4.69, 9.17) is 14.2 Å². The number of ether oxygens (including phenoxy) is 3. The largest absolute Gasteiger partial charge is 0.462 e. The molecule has 178 valence electrons. The molecule has 0 aromatic carbocycles. The summed E-state index contributed by atoms with van der Waals surface area (Å²) in [4.78, 5) is 36.2. The Hall–Kier alpha value is -1.59. The SMILES string of the molecule is CCCC(=O)OC(COC(=O)CCC1CCCCC1)COC(=O)CCC1CCCCC1. The van der Waals surface area contributed by atoms with E-state index in [9.17, 15) is 14.4 Å². The quantitative estimate of drug-likeness (QED) is 0.279. The van der Waals surface area contributed by atoms with Crippen LogP contribution in [0.1, 0.15) is 110 Å². The Morgan fingerprint density at radius 2 is 1.13 bits per heavy atom. The van der Waals surface area contributed by atoms with Gasteiger partial charge in [0, 0.05) is 19.3 Å². The van der Waals surface area contributed by atoms with Crippen LogP contribution in [0.3, 0.4) is 0 Å². The lowest BCUT2D eigenvalue weighted by Crippen LogP contribution is -2.31. The zero-order valence-corrected chi connectivity index (χ0v) is 19.4. The molecule has 31 heavy (non-hydrogen) atoms. The first-order valence-corrected chi connectivity index (χ1v) is 12.6. The van der Waals surface area contributed by atoms with Crippen molar-refractivity contribution in [1.82, 2.24) is 0 Å². The minimum atomic E-state index is -0.740. The summed E-state index contributed by atoms with van der Waals surface area (Å²) in [7, 11) is 0. The molecule has 0 aliphatic heterocycles. The standard InChI is InChI=1S/C25H42O6/c1-2-9-25(28)31-22(18-29-23(26)16-14-20-10-5-3-6-11-20)19-30-24(27)17-15-21-12-7-4-8-13-21/h20-22H,2-19H2,1H3. The van der Waals surface area contributed by atoms with Crippen LogP contribution in [-0.4, -0.2) is 37.2 Å². The fraction of sp³-hybridized carbons (Fsp3) is 0.880. The van der Waals surface area contributed by atoms with E-state index in [-0.39, 0.29) is 31.1 Å². The van der Waals surface area contributed by atoms with Gasteiger partial charge in [-0.2, -0.15) is 0 Å². The van der Waals surface area contributed by atoms with Gasteiger partial charge in [0.1, 0.15) is 13.2 Å². The molecule has 0 aromatic rings. The molecule has 0 amide bonds. The maximum Gasteiger partial charge on any atom is 0.306 e. The molecular formula is C25H42O6. The van der Waals surface area contributed by atoms with Crippen LogP contribution in [0.25, 0.3) is 0 Å². The summed E-state index contributed by atoms with van der Waals surface area (Å²) in [5.41, 5.74) is 0. The van der Waals surface area contributed by atoms with E-state index < -0.39 is 6.10 Å². The summed E-state index contributed by atoms with van der Waals surface area (Å²) in [6.07, 6.45) is 15.1. The highest BCUT2D eigenvalue weighted by Crippen LogP contribution is 2.28. The number of carbonyl (C=O) groups excluding carboxylic acids is 3. The Morgan fingerprint density at radius 1 is 0.677 bits per heavy atom. The third-order valence-electron chi connectivity index (χ3n) is 6.58. The number of carbonyl (C=O) groups is 3. The van der Waals surface area contributed by atoms with Crippen molar-refractivity contribution in [3.8, 4) is 0 Å². The Balaban J connectivity index is 1.69. The van der Waals surface area contributed by atoms with Gasteiger partial charge in [-0.3, -0.25) is 14.4 Å². The Bertz CT molecular complexity index is 496. The van der Waals surface area contributed by atoms with Crippen LogP contribution in [0.5, 0.6) is 0 Å². The second kappa shape index (κ2) is 15.3. The van der Waals surface area contributed by atoms with Crippen molar-refractivity contribution >= 4 is 17.9 Å². The van der Waals surface area contributed by atoms with Crippen molar-refractivity contribution in [2.75, 3.05) is 13.2 Å². The molecule has 2 aliphatic carbocycles. The van der Waals surface area contributed by atoms with Crippen molar-refractivity contribution in [3.05, 3.63) is 0 Å². The first-order valence-electron chi connectivity index (χ1n) is 12.6. The van der Waals surface area contributed by atoms with Gasteiger partial charge >= 0.3 is 17.9 Å². The number of hydrogen-bond donors (Lipinski definition) is 0. The molecule has 0 radical (unpaired) electrons. The van der Waals surface area contributed by atoms with E-state index in [0.717, 1.165) is 12.8 Å². The molecule has 0 N–H and O–H groups in total. The Labute approximate surface area is 187 Å². The third kappa shape index (κ3) is 11.6. The maximum atomic E-state index is 12.1. The molecule has 2 aliphatic rings. The maximum absolute atomic E-state index is 12.1. The van der Waals surface area contributed by atoms with E-state index in [1.807, 2.05) is 6.92 Å². The zero-order chi connectivity index (χ0) is 22.3. The van der Waals surface area contributed by atoms with Gasteiger partial charge in [-0.15, -0.1) is 0 Å². The molecule has 0 heterocycles.